The summed E-state index contributed by atoms with van der Waals surface area (Å²) in [6.45, 7) is 1.87. The van der Waals surface area contributed by atoms with E-state index in [4.69, 9.17) is 0 Å². The van der Waals surface area contributed by atoms with E-state index in [1.165, 1.54) is 23.1 Å². The molecule has 0 unspecified atom stereocenters. The van der Waals surface area contributed by atoms with Gasteiger partial charge in [-0.25, -0.2) is 0 Å². The Bertz CT molecular complexity index is 776. The van der Waals surface area contributed by atoms with Crippen LogP contribution in [0.25, 0.3) is 11.1 Å². The highest BCUT2D eigenvalue weighted by molar-refractivity contribution is 8.02. The van der Waals surface area contributed by atoms with Gasteiger partial charge in [-0.2, -0.15) is 0 Å². The molecular formula is C17H15N3OS2. The van der Waals surface area contributed by atoms with Crippen molar-refractivity contribution in [2.45, 2.75) is 16.5 Å². The third-order valence-corrected chi connectivity index (χ3v) is 5.17. The largest absolute Gasteiger partial charge is 0.325 e. The number of rotatable bonds is 5. The smallest absolute Gasteiger partial charge is 0.237 e. The summed E-state index contributed by atoms with van der Waals surface area (Å²) in [5.74, 6) is -0.0476. The van der Waals surface area contributed by atoms with Gasteiger partial charge < -0.3 is 5.32 Å². The Kier molecular flexibility index (Phi) is 5.05. The summed E-state index contributed by atoms with van der Waals surface area (Å²) < 4.78 is 0.795. The number of amides is 1. The average molecular weight is 341 g/mol. The molecule has 0 fully saturated rings. The lowest BCUT2D eigenvalue weighted by Crippen LogP contribution is -2.22. The lowest BCUT2D eigenvalue weighted by atomic mass is 10.0. The molecule has 0 bridgehead atoms. The first-order valence-electron chi connectivity index (χ1n) is 7.12. The Hall–Kier alpha value is -2.18. The van der Waals surface area contributed by atoms with Gasteiger partial charge in [0, 0.05) is 11.3 Å². The molecule has 3 aromatic rings. The van der Waals surface area contributed by atoms with Crippen molar-refractivity contribution in [1.29, 1.82) is 0 Å². The number of nitrogens with zero attached hydrogens (tertiary/aromatic N) is 2. The zero-order valence-electron chi connectivity index (χ0n) is 12.5. The second kappa shape index (κ2) is 7.39. The molecule has 0 aliphatic heterocycles. The lowest BCUT2D eigenvalue weighted by Gasteiger charge is -2.14. The van der Waals surface area contributed by atoms with Crippen molar-refractivity contribution in [2.24, 2.45) is 0 Å². The minimum atomic E-state index is -0.244. The number of para-hydroxylation sites is 1. The Morgan fingerprint density at radius 3 is 2.61 bits per heavy atom. The van der Waals surface area contributed by atoms with Crippen LogP contribution in [0.2, 0.25) is 0 Å². The molecule has 1 amide bonds. The monoisotopic (exact) mass is 341 g/mol. The van der Waals surface area contributed by atoms with Crippen LogP contribution in [0.3, 0.4) is 0 Å². The second-order valence-electron chi connectivity index (χ2n) is 4.87. The summed E-state index contributed by atoms with van der Waals surface area (Å²) in [5.41, 5.74) is 4.56. The summed E-state index contributed by atoms with van der Waals surface area (Å²) in [4.78, 5) is 12.4. The molecule has 3 rings (SSSR count). The molecule has 0 aliphatic rings. The molecule has 6 heteroatoms. The number of aromatic nitrogens is 2. The minimum Gasteiger partial charge on any atom is -0.325 e. The van der Waals surface area contributed by atoms with E-state index < -0.39 is 0 Å². The van der Waals surface area contributed by atoms with E-state index in [-0.39, 0.29) is 11.2 Å². The highest BCUT2D eigenvalue weighted by Gasteiger charge is 2.17. The van der Waals surface area contributed by atoms with E-state index in [1.807, 2.05) is 61.5 Å². The molecule has 1 aromatic heterocycles. The predicted octanol–water partition coefficient (Wildman–Crippen LogP) is 4.32. The molecular weight excluding hydrogens is 326 g/mol. The van der Waals surface area contributed by atoms with E-state index in [1.54, 1.807) is 5.51 Å². The van der Waals surface area contributed by atoms with Gasteiger partial charge in [-0.3, -0.25) is 4.79 Å². The first-order chi connectivity index (χ1) is 11.2. The van der Waals surface area contributed by atoms with Crippen molar-refractivity contribution in [3.8, 4) is 11.1 Å². The number of hydrogen-bond acceptors (Lipinski definition) is 5. The van der Waals surface area contributed by atoms with Crippen molar-refractivity contribution in [1.82, 2.24) is 10.2 Å². The number of anilines is 1. The first kappa shape index (κ1) is 15.7. The summed E-state index contributed by atoms with van der Waals surface area (Å²) in [5, 5.41) is 10.5. The van der Waals surface area contributed by atoms with Crippen LogP contribution in [0.1, 0.15) is 6.92 Å². The molecule has 1 N–H and O–H groups in total. The number of carbonyl (C=O) groups is 1. The van der Waals surface area contributed by atoms with Crippen molar-refractivity contribution in [3.63, 3.8) is 0 Å². The van der Waals surface area contributed by atoms with Crippen LogP contribution in [-0.4, -0.2) is 21.4 Å². The third kappa shape index (κ3) is 3.97. The molecule has 0 aliphatic carbocycles. The van der Waals surface area contributed by atoms with Crippen LogP contribution in [-0.2, 0) is 4.79 Å². The fourth-order valence-electron chi connectivity index (χ4n) is 2.11. The molecule has 0 spiro atoms. The Morgan fingerprint density at radius 1 is 1.13 bits per heavy atom. The molecule has 23 heavy (non-hydrogen) atoms. The van der Waals surface area contributed by atoms with Gasteiger partial charge >= 0.3 is 0 Å². The number of benzene rings is 2. The fraction of sp³-hybridized carbons (Fsp3) is 0.118. The normalized spacial score (nSPS) is 11.9. The maximum absolute atomic E-state index is 12.4. The SMILES string of the molecule is C[C@H](Sc1nncs1)C(=O)Nc1ccccc1-c1ccccc1. The number of nitrogens with one attached hydrogen (secondary N) is 1. The maximum atomic E-state index is 12.4. The molecule has 0 radical (unpaired) electrons. The molecule has 116 valence electrons. The van der Waals surface area contributed by atoms with Gasteiger partial charge in [0.05, 0.1) is 5.25 Å². The third-order valence-electron chi connectivity index (χ3n) is 3.26. The number of thioether (sulfide) groups is 1. The lowest BCUT2D eigenvalue weighted by molar-refractivity contribution is -0.115. The van der Waals surface area contributed by atoms with Crippen molar-refractivity contribution in [2.75, 3.05) is 5.32 Å². The van der Waals surface area contributed by atoms with Gasteiger partial charge in [-0.15, -0.1) is 10.2 Å². The van der Waals surface area contributed by atoms with Crippen molar-refractivity contribution in [3.05, 3.63) is 60.1 Å². The highest BCUT2D eigenvalue weighted by Crippen LogP contribution is 2.29. The van der Waals surface area contributed by atoms with Crippen LogP contribution < -0.4 is 5.32 Å². The summed E-state index contributed by atoms with van der Waals surface area (Å²) >= 11 is 2.85. The first-order valence-corrected chi connectivity index (χ1v) is 8.88. The Labute approximate surface area is 143 Å². The van der Waals surface area contributed by atoms with E-state index in [0.29, 0.717) is 0 Å². The number of carbonyl (C=O) groups excluding carboxylic acids is 1. The van der Waals surface area contributed by atoms with Gasteiger partial charge in [0.15, 0.2) is 4.34 Å². The molecule has 0 saturated carbocycles. The summed E-state index contributed by atoms with van der Waals surface area (Å²) in [6, 6.07) is 17.8. The Balaban J connectivity index is 1.76. The maximum Gasteiger partial charge on any atom is 0.237 e. The van der Waals surface area contributed by atoms with Crippen LogP contribution in [0.4, 0.5) is 5.69 Å². The average Bonchev–Trinajstić information content (AvgIpc) is 3.09. The standard InChI is InChI=1S/C17H15N3OS2/c1-12(23-17-20-18-11-22-17)16(21)19-15-10-6-5-9-14(15)13-7-3-2-4-8-13/h2-12H,1H3,(H,19,21)/t12-/m0/s1. The van der Waals surface area contributed by atoms with Crippen LogP contribution in [0.15, 0.2) is 64.4 Å². The van der Waals surface area contributed by atoms with Crippen molar-refractivity contribution >= 4 is 34.7 Å². The van der Waals surface area contributed by atoms with Gasteiger partial charge in [0.25, 0.3) is 0 Å². The fourth-order valence-corrected chi connectivity index (χ4v) is 3.74. The molecule has 2 aromatic carbocycles. The molecule has 1 atom stereocenters. The van der Waals surface area contributed by atoms with Crippen LogP contribution in [0, 0.1) is 0 Å². The van der Waals surface area contributed by atoms with Gasteiger partial charge in [-0.1, -0.05) is 71.6 Å². The van der Waals surface area contributed by atoms with E-state index in [0.717, 1.165) is 21.2 Å². The van der Waals surface area contributed by atoms with Gasteiger partial charge in [0.2, 0.25) is 5.91 Å². The summed E-state index contributed by atoms with van der Waals surface area (Å²) in [7, 11) is 0. The van der Waals surface area contributed by atoms with Crippen LogP contribution >= 0.6 is 23.1 Å². The number of hydrogen-bond donors (Lipinski definition) is 1. The predicted molar refractivity (Wildman–Crippen MR) is 95.7 cm³/mol. The second-order valence-corrected chi connectivity index (χ2v) is 7.29. The molecule has 4 nitrogen and oxygen atoms in total. The topological polar surface area (TPSA) is 54.9 Å². The van der Waals surface area contributed by atoms with Gasteiger partial charge in [0.1, 0.15) is 5.51 Å². The van der Waals surface area contributed by atoms with E-state index in [9.17, 15) is 4.79 Å². The highest BCUT2D eigenvalue weighted by atomic mass is 32.2. The zero-order valence-corrected chi connectivity index (χ0v) is 14.1. The minimum absolute atomic E-state index is 0.0476. The van der Waals surface area contributed by atoms with E-state index in [2.05, 4.69) is 15.5 Å². The summed E-state index contributed by atoms with van der Waals surface area (Å²) in [6.07, 6.45) is 0. The quantitative estimate of drug-likeness (QED) is 0.702. The van der Waals surface area contributed by atoms with Crippen molar-refractivity contribution < 1.29 is 4.79 Å². The zero-order chi connectivity index (χ0) is 16.1. The molecule has 0 saturated heterocycles. The van der Waals surface area contributed by atoms with Gasteiger partial charge in [-0.05, 0) is 18.6 Å². The van der Waals surface area contributed by atoms with Crippen LogP contribution in [0.5, 0.6) is 0 Å². The van der Waals surface area contributed by atoms with E-state index >= 15 is 0 Å². The Morgan fingerprint density at radius 2 is 1.87 bits per heavy atom. The molecule has 1 heterocycles.